The van der Waals surface area contributed by atoms with Crippen LogP contribution in [0.25, 0.3) is 22.8 Å². The minimum atomic E-state index is -4.59. The van der Waals surface area contributed by atoms with E-state index in [0.717, 1.165) is 17.5 Å². The first-order valence-electron chi connectivity index (χ1n) is 9.58. The topological polar surface area (TPSA) is 72.6 Å². The minimum absolute atomic E-state index is 0.0186. The largest absolute Gasteiger partial charge is 0.433 e. The molecule has 0 bridgehead atoms. The van der Waals surface area contributed by atoms with E-state index in [0.29, 0.717) is 31.0 Å². The average Bonchev–Trinajstić information content (AvgIpc) is 3.23. The van der Waals surface area contributed by atoms with Crippen LogP contribution in [0.1, 0.15) is 11.5 Å². The van der Waals surface area contributed by atoms with Crippen molar-refractivity contribution in [2.75, 3.05) is 11.4 Å². The molecule has 5 rings (SSSR count). The molecule has 1 aliphatic heterocycles. The van der Waals surface area contributed by atoms with E-state index in [9.17, 15) is 13.2 Å². The Labute approximate surface area is 175 Å². The molecule has 156 valence electrons. The van der Waals surface area contributed by atoms with Crippen molar-refractivity contribution in [3.63, 3.8) is 0 Å². The van der Waals surface area contributed by atoms with Gasteiger partial charge in [0.25, 0.3) is 0 Å². The summed E-state index contributed by atoms with van der Waals surface area (Å²) in [5, 5.41) is 8.54. The highest BCUT2D eigenvalue weighted by Gasteiger charge is 2.35. The molecule has 0 spiro atoms. The first-order chi connectivity index (χ1) is 15.0. The van der Waals surface area contributed by atoms with Crippen LogP contribution in [-0.2, 0) is 19.3 Å². The summed E-state index contributed by atoms with van der Waals surface area (Å²) in [4.78, 5) is 13.8. The lowest BCUT2D eigenvalue weighted by atomic mass is 10.2. The zero-order chi connectivity index (χ0) is 21.4. The molecule has 0 atom stereocenters. The monoisotopic (exact) mass is 423 g/mol. The van der Waals surface area contributed by atoms with E-state index in [4.69, 9.17) is 0 Å². The first-order valence-corrected chi connectivity index (χ1v) is 9.58. The SMILES string of the molecule is FC(F)(F)c1cc(N2CCn3c(nnc3-c3ccccc3)C2)nc(-c2cccnc2)n1. The molecule has 1 aromatic carbocycles. The van der Waals surface area contributed by atoms with Crippen molar-refractivity contribution in [2.24, 2.45) is 0 Å². The molecule has 0 amide bonds. The van der Waals surface area contributed by atoms with Crippen molar-refractivity contribution in [1.29, 1.82) is 0 Å². The predicted octanol–water partition coefficient (Wildman–Crippen LogP) is 3.84. The lowest BCUT2D eigenvalue weighted by Gasteiger charge is -2.29. The number of halogens is 3. The van der Waals surface area contributed by atoms with Crippen LogP contribution in [0.5, 0.6) is 0 Å². The number of alkyl halides is 3. The van der Waals surface area contributed by atoms with Crippen molar-refractivity contribution in [1.82, 2.24) is 29.7 Å². The number of aromatic nitrogens is 6. The molecule has 0 unspecified atom stereocenters. The lowest BCUT2D eigenvalue weighted by Crippen LogP contribution is -2.35. The average molecular weight is 423 g/mol. The molecule has 31 heavy (non-hydrogen) atoms. The van der Waals surface area contributed by atoms with E-state index in [1.165, 1.54) is 6.20 Å². The van der Waals surface area contributed by atoms with Gasteiger partial charge < -0.3 is 9.47 Å². The van der Waals surface area contributed by atoms with Gasteiger partial charge in [-0.3, -0.25) is 4.98 Å². The van der Waals surface area contributed by atoms with Gasteiger partial charge in [-0.25, -0.2) is 9.97 Å². The molecule has 4 aromatic rings. The third-order valence-corrected chi connectivity index (χ3v) is 5.03. The van der Waals surface area contributed by atoms with E-state index in [2.05, 4.69) is 25.1 Å². The number of hydrogen-bond donors (Lipinski definition) is 0. The van der Waals surface area contributed by atoms with Crippen LogP contribution in [0, 0.1) is 0 Å². The second-order valence-corrected chi connectivity index (χ2v) is 7.05. The Hall–Kier alpha value is -3.82. The number of benzene rings is 1. The van der Waals surface area contributed by atoms with Gasteiger partial charge in [0.15, 0.2) is 23.2 Å². The Kier molecular flexibility index (Phi) is 4.61. The van der Waals surface area contributed by atoms with E-state index >= 15 is 0 Å². The van der Waals surface area contributed by atoms with Gasteiger partial charge >= 0.3 is 6.18 Å². The number of hydrogen-bond acceptors (Lipinski definition) is 6. The number of fused-ring (bicyclic) bond motifs is 1. The molecule has 3 aromatic heterocycles. The zero-order valence-electron chi connectivity index (χ0n) is 16.2. The first kappa shape index (κ1) is 19.2. The smallest absolute Gasteiger partial charge is 0.347 e. The fourth-order valence-electron chi connectivity index (χ4n) is 3.52. The molecule has 7 nitrogen and oxygen atoms in total. The van der Waals surface area contributed by atoms with Crippen molar-refractivity contribution < 1.29 is 13.2 Å². The second-order valence-electron chi connectivity index (χ2n) is 7.05. The second kappa shape index (κ2) is 7.46. The van der Waals surface area contributed by atoms with E-state index < -0.39 is 11.9 Å². The third kappa shape index (κ3) is 3.72. The van der Waals surface area contributed by atoms with Crippen molar-refractivity contribution in [3.8, 4) is 22.8 Å². The van der Waals surface area contributed by atoms with Crippen LogP contribution in [-0.4, -0.2) is 36.3 Å². The summed E-state index contributed by atoms with van der Waals surface area (Å²) in [6.45, 7) is 1.28. The molecular weight excluding hydrogens is 407 g/mol. The molecule has 10 heteroatoms. The van der Waals surface area contributed by atoms with Crippen LogP contribution >= 0.6 is 0 Å². The summed E-state index contributed by atoms with van der Waals surface area (Å²) in [6.07, 6.45) is -1.61. The maximum Gasteiger partial charge on any atom is 0.433 e. The fourth-order valence-corrected chi connectivity index (χ4v) is 3.52. The van der Waals surface area contributed by atoms with Crippen LogP contribution in [0.3, 0.4) is 0 Å². The molecule has 0 radical (unpaired) electrons. The Balaban J connectivity index is 1.51. The van der Waals surface area contributed by atoms with Crippen LogP contribution in [0.2, 0.25) is 0 Å². The van der Waals surface area contributed by atoms with E-state index in [1.54, 1.807) is 23.2 Å². The summed E-state index contributed by atoms with van der Waals surface area (Å²) >= 11 is 0. The van der Waals surface area contributed by atoms with Gasteiger partial charge in [-0.2, -0.15) is 13.2 Å². The fraction of sp³-hybridized carbons (Fsp3) is 0.190. The summed E-state index contributed by atoms with van der Waals surface area (Å²) in [6, 6.07) is 13.9. The predicted molar refractivity (Wildman–Crippen MR) is 107 cm³/mol. The molecule has 0 N–H and O–H groups in total. The summed E-state index contributed by atoms with van der Waals surface area (Å²) in [7, 11) is 0. The van der Waals surface area contributed by atoms with Crippen molar-refractivity contribution in [2.45, 2.75) is 19.3 Å². The van der Waals surface area contributed by atoms with Crippen LogP contribution in [0.4, 0.5) is 19.0 Å². The highest BCUT2D eigenvalue weighted by Crippen LogP contribution is 2.32. The van der Waals surface area contributed by atoms with Gasteiger partial charge in [0, 0.05) is 42.7 Å². The Morgan fingerprint density at radius 3 is 2.42 bits per heavy atom. The maximum absolute atomic E-state index is 13.5. The number of anilines is 1. The van der Waals surface area contributed by atoms with Gasteiger partial charge in [0.2, 0.25) is 0 Å². The van der Waals surface area contributed by atoms with Crippen LogP contribution < -0.4 is 4.90 Å². The molecule has 1 aliphatic rings. The van der Waals surface area contributed by atoms with Gasteiger partial charge in [0.05, 0.1) is 6.54 Å². The molecule has 0 aliphatic carbocycles. The quantitative estimate of drug-likeness (QED) is 0.499. The summed E-state index contributed by atoms with van der Waals surface area (Å²) in [5.74, 6) is 1.58. The summed E-state index contributed by atoms with van der Waals surface area (Å²) in [5.41, 5.74) is 0.365. The normalized spacial score (nSPS) is 13.8. The van der Waals surface area contributed by atoms with Crippen molar-refractivity contribution in [3.05, 3.63) is 72.4 Å². The molecule has 4 heterocycles. The Bertz CT molecular complexity index is 1210. The van der Waals surface area contributed by atoms with Gasteiger partial charge in [-0.1, -0.05) is 30.3 Å². The Morgan fingerprint density at radius 2 is 1.68 bits per heavy atom. The summed E-state index contributed by atoms with van der Waals surface area (Å²) < 4.78 is 42.5. The molecule has 0 saturated carbocycles. The van der Waals surface area contributed by atoms with Crippen molar-refractivity contribution >= 4 is 5.82 Å². The Morgan fingerprint density at radius 1 is 0.871 bits per heavy atom. The minimum Gasteiger partial charge on any atom is -0.347 e. The highest BCUT2D eigenvalue weighted by atomic mass is 19.4. The van der Waals surface area contributed by atoms with Gasteiger partial charge in [-0.15, -0.1) is 10.2 Å². The zero-order valence-corrected chi connectivity index (χ0v) is 16.2. The number of rotatable bonds is 3. The maximum atomic E-state index is 13.5. The lowest BCUT2D eigenvalue weighted by molar-refractivity contribution is -0.141. The molecular formula is C21H16F3N7. The van der Waals surface area contributed by atoms with E-state index in [1.807, 2.05) is 34.9 Å². The van der Waals surface area contributed by atoms with Gasteiger partial charge in [-0.05, 0) is 12.1 Å². The third-order valence-electron chi connectivity index (χ3n) is 5.03. The standard InChI is InChI=1S/C21H16F3N7/c22-21(23,24)16-11-17(27-19(26-16)15-7-4-8-25-12-15)30-9-10-31-18(13-30)28-29-20(31)14-5-2-1-3-6-14/h1-8,11-12H,9-10,13H2. The molecule has 0 saturated heterocycles. The molecule has 0 fully saturated rings. The number of nitrogens with zero attached hydrogens (tertiary/aromatic N) is 7. The van der Waals surface area contributed by atoms with E-state index in [-0.39, 0.29) is 11.6 Å². The number of pyridine rings is 1. The highest BCUT2D eigenvalue weighted by molar-refractivity contribution is 5.58. The van der Waals surface area contributed by atoms with Crippen LogP contribution in [0.15, 0.2) is 60.9 Å². The van der Waals surface area contributed by atoms with Gasteiger partial charge in [0.1, 0.15) is 5.82 Å².